The summed E-state index contributed by atoms with van der Waals surface area (Å²) in [6.45, 7) is 4.01. The van der Waals surface area contributed by atoms with E-state index in [2.05, 4.69) is 15.9 Å². The van der Waals surface area contributed by atoms with Gasteiger partial charge in [-0.15, -0.1) is 0 Å². The van der Waals surface area contributed by atoms with E-state index in [1.165, 1.54) is 0 Å². The number of nitrogens with two attached hydrogens (primary N) is 1. The van der Waals surface area contributed by atoms with Crippen LogP contribution in [0.3, 0.4) is 0 Å². The molecule has 14 heavy (non-hydrogen) atoms. The van der Waals surface area contributed by atoms with E-state index < -0.39 is 6.10 Å². The van der Waals surface area contributed by atoms with Gasteiger partial charge in [-0.25, -0.2) is 0 Å². The molecule has 0 aliphatic heterocycles. The van der Waals surface area contributed by atoms with E-state index in [1.54, 1.807) is 0 Å². The molecule has 0 radical (unpaired) electrons. The lowest BCUT2D eigenvalue weighted by Gasteiger charge is -2.23. The molecule has 1 aromatic carbocycles. The first kappa shape index (κ1) is 11.7. The van der Waals surface area contributed by atoms with Gasteiger partial charge in [0.1, 0.15) is 0 Å². The molecule has 0 heterocycles. The van der Waals surface area contributed by atoms with Crippen LogP contribution < -0.4 is 5.73 Å². The highest BCUT2D eigenvalue weighted by Gasteiger charge is 2.21. The topological polar surface area (TPSA) is 46.2 Å². The second-order valence-corrected chi connectivity index (χ2v) is 4.64. The lowest BCUT2D eigenvalue weighted by Crippen LogP contribution is -2.33. The zero-order chi connectivity index (χ0) is 10.7. The van der Waals surface area contributed by atoms with Gasteiger partial charge in [0.05, 0.1) is 6.10 Å². The van der Waals surface area contributed by atoms with Crippen molar-refractivity contribution in [2.24, 2.45) is 11.7 Å². The first-order chi connectivity index (χ1) is 6.54. The van der Waals surface area contributed by atoms with Crippen LogP contribution >= 0.6 is 15.9 Å². The SMILES string of the molecule is CC(C)[C@H](N)[C@H](O)c1ccccc1Br. The molecule has 0 spiro atoms. The molecule has 0 aromatic heterocycles. The van der Waals surface area contributed by atoms with Crippen molar-refractivity contribution >= 4 is 15.9 Å². The molecular formula is C11H16BrNO. The van der Waals surface area contributed by atoms with E-state index in [1.807, 2.05) is 38.1 Å². The molecule has 3 N–H and O–H groups in total. The third kappa shape index (κ3) is 2.56. The Bertz CT molecular complexity index is 301. The number of rotatable bonds is 3. The first-order valence-electron chi connectivity index (χ1n) is 4.72. The maximum absolute atomic E-state index is 9.99. The molecule has 0 amide bonds. The maximum Gasteiger partial charge on any atom is 0.0954 e. The van der Waals surface area contributed by atoms with Crippen LogP contribution in [0.25, 0.3) is 0 Å². The molecule has 1 aromatic rings. The predicted octanol–water partition coefficient (Wildman–Crippen LogP) is 2.47. The maximum atomic E-state index is 9.99. The summed E-state index contributed by atoms with van der Waals surface area (Å²) in [5, 5.41) is 9.99. The normalized spacial score (nSPS) is 15.6. The highest BCUT2D eigenvalue weighted by atomic mass is 79.9. The number of aliphatic hydroxyl groups excluding tert-OH is 1. The summed E-state index contributed by atoms with van der Waals surface area (Å²) in [6.07, 6.45) is -0.606. The van der Waals surface area contributed by atoms with E-state index in [-0.39, 0.29) is 12.0 Å². The molecule has 0 saturated heterocycles. The number of hydrogen-bond acceptors (Lipinski definition) is 2. The van der Waals surface area contributed by atoms with Gasteiger partial charge in [0.15, 0.2) is 0 Å². The molecular weight excluding hydrogens is 242 g/mol. The van der Waals surface area contributed by atoms with Gasteiger partial charge in [-0.1, -0.05) is 48.0 Å². The molecule has 0 saturated carbocycles. The van der Waals surface area contributed by atoms with Gasteiger partial charge in [-0.05, 0) is 17.5 Å². The second-order valence-electron chi connectivity index (χ2n) is 3.79. The molecule has 0 bridgehead atoms. The van der Waals surface area contributed by atoms with Gasteiger partial charge in [0, 0.05) is 10.5 Å². The molecule has 3 heteroatoms. The van der Waals surface area contributed by atoms with Crippen LogP contribution in [0.1, 0.15) is 25.5 Å². The smallest absolute Gasteiger partial charge is 0.0954 e. The minimum atomic E-state index is -0.606. The summed E-state index contributed by atoms with van der Waals surface area (Å²) >= 11 is 3.40. The highest BCUT2D eigenvalue weighted by Crippen LogP contribution is 2.26. The van der Waals surface area contributed by atoms with Crippen LogP contribution in [-0.2, 0) is 0 Å². The van der Waals surface area contributed by atoms with Gasteiger partial charge < -0.3 is 10.8 Å². The van der Waals surface area contributed by atoms with Gasteiger partial charge in [0.25, 0.3) is 0 Å². The number of halogens is 1. The van der Waals surface area contributed by atoms with Crippen molar-refractivity contribution in [2.45, 2.75) is 26.0 Å². The average molecular weight is 258 g/mol. The van der Waals surface area contributed by atoms with Crippen LogP contribution in [0.2, 0.25) is 0 Å². The Labute approximate surface area is 93.3 Å². The standard InChI is InChI=1S/C11H16BrNO/c1-7(2)10(13)11(14)8-5-3-4-6-9(8)12/h3-7,10-11,14H,13H2,1-2H3/t10-,11+/m0/s1. The van der Waals surface area contributed by atoms with Crippen molar-refractivity contribution in [1.82, 2.24) is 0 Å². The molecule has 2 nitrogen and oxygen atoms in total. The quantitative estimate of drug-likeness (QED) is 0.874. The van der Waals surface area contributed by atoms with Crippen LogP contribution in [0, 0.1) is 5.92 Å². The van der Waals surface area contributed by atoms with E-state index >= 15 is 0 Å². The van der Waals surface area contributed by atoms with Crippen LogP contribution in [0.15, 0.2) is 28.7 Å². The zero-order valence-electron chi connectivity index (χ0n) is 8.44. The summed E-state index contributed by atoms with van der Waals surface area (Å²) in [5.74, 6) is 0.261. The van der Waals surface area contributed by atoms with Crippen molar-refractivity contribution in [2.75, 3.05) is 0 Å². The number of benzene rings is 1. The van der Waals surface area contributed by atoms with E-state index in [0.29, 0.717) is 0 Å². The highest BCUT2D eigenvalue weighted by molar-refractivity contribution is 9.10. The molecule has 0 fully saturated rings. The summed E-state index contributed by atoms with van der Waals surface area (Å²) in [5.41, 5.74) is 6.75. The lowest BCUT2D eigenvalue weighted by molar-refractivity contribution is 0.125. The molecule has 2 atom stereocenters. The Morgan fingerprint density at radius 2 is 1.86 bits per heavy atom. The summed E-state index contributed by atoms with van der Waals surface area (Å²) in [4.78, 5) is 0. The molecule has 0 aliphatic carbocycles. The Hall–Kier alpha value is -0.380. The van der Waals surface area contributed by atoms with Crippen LogP contribution in [0.5, 0.6) is 0 Å². The van der Waals surface area contributed by atoms with Crippen molar-refractivity contribution in [3.8, 4) is 0 Å². The van der Waals surface area contributed by atoms with Crippen LogP contribution in [0.4, 0.5) is 0 Å². The predicted molar refractivity (Wildman–Crippen MR) is 61.9 cm³/mol. The fraction of sp³-hybridized carbons (Fsp3) is 0.455. The largest absolute Gasteiger partial charge is 0.387 e. The zero-order valence-corrected chi connectivity index (χ0v) is 10.0. The Kier molecular flexibility index (Phi) is 4.11. The minimum Gasteiger partial charge on any atom is -0.387 e. The third-order valence-corrected chi connectivity index (χ3v) is 3.08. The summed E-state index contributed by atoms with van der Waals surface area (Å²) in [6, 6.07) is 7.38. The van der Waals surface area contributed by atoms with Crippen molar-refractivity contribution in [3.05, 3.63) is 34.3 Å². The molecule has 0 aliphatic rings. The fourth-order valence-electron chi connectivity index (χ4n) is 1.29. The second kappa shape index (κ2) is 4.91. The monoisotopic (exact) mass is 257 g/mol. The average Bonchev–Trinajstić information content (AvgIpc) is 2.16. The van der Waals surface area contributed by atoms with Crippen molar-refractivity contribution in [3.63, 3.8) is 0 Å². The molecule has 0 unspecified atom stereocenters. The fourth-order valence-corrected chi connectivity index (χ4v) is 1.81. The van der Waals surface area contributed by atoms with Gasteiger partial charge in [-0.2, -0.15) is 0 Å². The molecule has 1 rings (SSSR count). The van der Waals surface area contributed by atoms with E-state index in [0.717, 1.165) is 10.0 Å². The Balaban J connectivity index is 2.89. The Morgan fingerprint density at radius 1 is 1.29 bits per heavy atom. The minimum absolute atomic E-state index is 0.228. The Morgan fingerprint density at radius 3 is 2.36 bits per heavy atom. The first-order valence-corrected chi connectivity index (χ1v) is 5.51. The number of aliphatic hydroxyl groups is 1. The van der Waals surface area contributed by atoms with Crippen LogP contribution in [-0.4, -0.2) is 11.1 Å². The van der Waals surface area contributed by atoms with E-state index in [9.17, 15) is 5.11 Å². The van der Waals surface area contributed by atoms with Gasteiger partial charge in [0.2, 0.25) is 0 Å². The summed E-state index contributed by atoms with van der Waals surface area (Å²) < 4.78 is 0.906. The molecule has 78 valence electrons. The summed E-state index contributed by atoms with van der Waals surface area (Å²) in [7, 11) is 0. The third-order valence-electron chi connectivity index (χ3n) is 2.36. The van der Waals surface area contributed by atoms with E-state index in [4.69, 9.17) is 5.73 Å². The number of hydrogen-bond donors (Lipinski definition) is 2. The van der Waals surface area contributed by atoms with Crippen molar-refractivity contribution < 1.29 is 5.11 Å². The van der Waals surface area contributed by atoms with Gasteiger partial charge >= 0.3 is 0 Å². The van der Waals surface area contributed by atoms with Crippen molar-refractivity contribution in [1.29, 1.82) is 0 Å². The lowest BCUT2D eigenvalue weighted by atomic mass is 9.94. The van der Waals surface area contributed by atoms with Gasteiger partial charge in [-0.3, -0.25) is 0 Å².